The Morgan fingerprint density at radius 1 is 1.26 bits per heavy atom. The standard InChI is InChI=1S/C15H14BrClFN/c1-19-15(8-10-3-2-4-12(18)7-10)13-9-11(17)5-6-14(13)16/h2-7,9,15,19H,8H2,1H3. The molecule has 0 saturated carbocycles. The second-order valence-electron chi connectivity index (χ2n) is 4.34. The molecular weight excluding hydrogens is 329 g/mol. The van der Waals surface area contributed by atoms with E-state index in [1.807, 2.05) is 31.3 Å². The van der Waals surface area contributed by atoms with Crippen LogP contribution in [0.2, 0.25) is 5.02 Å². The highest BCUT2D eigenvalue weighted by atomic mass is 79.9. The van der Waals surface area contributed by atoms with Crippen molar-refractivity contribution in [2.24, 2.45) is 0 Å². The maximum absolute atomic E-state index is 13.2. The normalized spacial score (nSPS) is 12.4. The summed E-state index contributed by atoms with van der Waals surface area (Å²) in [6.45, 7) is 0. The van der Waals surface area contributed by atoms with Gasteiger partial charge in [-0.2, -0.15) is 0 Å². The van der Waals surface area contributed by atoms with Crippen LogP contribution >= 0.6 is 27.5 Å². The number of halogens is 3. The molecule has 1 atom stereocenters. The molecule has 0 saturated heterocycles. The quantitative estimate of drug-likeness (QED) is 0.846. The molecular formula is C15H14BrClFN. The molecule has 1 N–H and O–H groups in total. The van der Waals surface area contributed by atoms with Crippen molar-refractivity contribution in [2.45, 2.75) is 12.5 Å². The van der Waals surface area contributed by atoms with Crippen molar-refractivity contribution in [2.75, 3.05) is 7.05 Å². The molecule has 0 spiro atoms. The fourth-order valence-electron chi connectivity index (χ4n) is 2.05. The van der Waals surface area contributed by atoms with Gasteiger partial charge in [0, 0.05) is 15.5 Å². The van der Waals surface area contributed by atoms with E-state index < -0.39 is 0 Å². The van der Waals surface area contributed by atoms with Gasteiger partial charge in [0.1, 0.15) is 5.82 Å². The van der Waals surface area contributed by atoms with E-state index in [2.05, 4.69) is 21.2 Å². The lowest BCUT2D eigenvalue weighted by Gasteiger charge is -2.18. The van der Waals surface area contributed by atoms with Gasteiger partial charge in [-0.25, -0.2) is 4.39 Å². The summed E-state index contributed by atoms with van der Waals surface area (Å²) in [5.74, 6) is -0.211. The Kier molecular flexibility index (Phi) is 4.97. The van der Waals surface area contributed by atoms with Crippen LogP contribution in [-0.4, -0.2) is 7.05 Å². The SMILES string of the molecule is CNC(Cc1cccc(F)c1)c1cc(Cl)ccc1Br. The van der Waals surface area contributed by atoms with Crippen molar-refractivity contribution in [3.63, 3.8) is 0 Å². The van der Waals surface area contributed by atoms with Gasteiger partial charge in [0.25, 0.3) is 0 Å². The van der Waals surface area contributed by atoms with Gasteiger partial charge in [-0.15, -0.1) is 0 Å². The van der Waals surface area contributed by atoms with Crippen molar-refractivity contribution < 1.29 is 4.39 Å². The smallest absolute Gasteiger partial charge is 0.123 e. The average Bonchev–Trinajstić information content (AvgIpc) is 2.39. The largest absolute Gasteiger partial charge is 0.313 e. The molecule has 2 aromatic carbocycles. The van der Waals surface area contributed by atoms with Crippen molar-refractivity contribution in [3.05, 3.63) is 68.9 Å². The van der Waals surface area contributed by atoms with E-state index in [-0.39, 0.29) is 11.9 Å². The first-order valence-corrected chi connectivity index (χ1v) is 7.14. The van der Waals surface area contributed by atoms with E-state index in [1.54, 1.807) is 12.1 Å². The first-order valence-electron chi connectivity index (χ1n) is 5.97. The van der Waals surface area contributed by atoms with E-state index in [9.17, 15) is 4.39 Å². The van der Waals surface area contributed by atoms with E-state index >= 15 is 0 Å². The summed E-state index contributed by atoms with van der Waals surface area (Å²) in [5.41, 5.74) is 2.02. The van der Waals surface area contributed by atoms with Crippen LogP contribution in [0.4, 0.5) is 4.39 Å². The second-order valence-corrected chi connectivity index (χ2v) is 5.63. The van der Waals surface area contributed by atoms with Crippen LogP contribution < -0.4 is 5.32 Å². The van der Waals surface area contributed by atoms with Crippen LogP contribution in [0.3, 0.4) is 0 Å². The summed E-state index contributed by atoms with van der Waals surface area (Å²) in [5, 5.41) is 3.94. The van der Waals surface area contributed by atoms with E-state index in [0.29, 0.717) is 11.4 Å². The lowest BCUT2D eigenvalue weighted by Crippen LogP contribution is -2.19. The van der Waals surface area contributed by atoms with Crippen molar-refractivity contribution in [3.8, 4) is 0 Å². The average molecular weight is 343 g/mol. The highest BCUT2D eigenvalue weighted by molar-refractivity contribution is 9.10. The zero-order valence-electron chi connectivity index (χ0n) is 10.5. The van der Waals surface area contributed by atoms with Crippen molar-refractivity contribution in [1.29, 1.82) is 0 Å². The van der Waals surface area contributed by atoms with Crippen LogP contribution in [0.15, 0.2) is 46.9 Å². The molecule has 0 aromatic heterocycles. The molecule has 2 aromatic rings. The van der Waals surface area contributed by atoms with Crippen LogP contribution in [0, 0.1) is 5.82 Å². The van der Waals surface area contributed by atoms with E-state index in [1.165, 1.54) is 6.07 Å². The molecule has 100 valence electrons. The highest BCUT2D eigenvalue weighted by Gasteiger charge is 2.14. The van der Waals surface area contributed by atoms with Gasteiger partial charge in [0.15, 0.2) is 0 Å². The third-order valence-corrected chi connectivity index (χ3v) is 3.97. The topological polar surface area (TPSA) is 12.0 Å². The molecule has 2 rings (SSSR count). The van der Waals surface area contributed by atoms with Crippen LogP contribution in [-0.2, 0) is 6.42 Å². The Hall–Kier alpha value is -0.900. The second kappa shape index (κ2) is 6.51. The Bertz CT molecular complexity index is 574. The number of nitrogens with one attached hydrogen (secondary N) is 1. The number of hydrogen-bond acceptors (Lipinski definition) is 1. The van der Waals surface area contributed by atoms with Crippen LogP contribution in [0.5, 0.6) is 0 Å². The van der Waals surface area contributed by atoms with Gasteiger partial charge in [-0.3, -0.25) is 0 Å². The Morgan fingerprint density at radius 2 is 2.05 bits per heavy atom. The molecule has 1 unspecified atom stereocenters. The van der Waals surface area contributed by atoms with Gasteiger partial charge >= 0.3 is 0 Å². The first-order chi connectivity index (χ1) is 9.10. The third-order valence-electron chi connectivity index (χ3n) is 3.01. The molecule has 0 aliphatic carbocycles. The third kappa shape index (κ3) is 3.78. The molecule has 1 nitrogen and oxygen atoms in total. The molecule has 0 heterocycles. The van der Waals surface area contributed by atoms with Gasteiger partial charge in [-0.1, -0.05) is 39.7 Å². The molecule has 0 fully saturated rings. The number of benzene rings is 2. The summed E-state index contributed by atoms with van der Waals surface area (Å²) in [6, 6.07) is 12.4. The molecule has 4 heteroatoms. The van der Waals surface area contributed by atoms with Crippen molar-refractivity contribution >= 4 is 27.5 Å². The van der Waals surface area contributed by atoms with Crippen molar-refractivity contribution in [1.82, 2.24) is 5.32 Å². The summed E-state index contributed by atoms with van der Waals surface area (Å²) < 4.78 is 14.2. The Balaban J connectivity index is 2.27. The lowest BCUT2D eigenvalue weighted by molar-refractivity contribution is 0.582. The number of rotatable bonds is 4. The number of likely N-dealkylation sites (N-methyl/N-ethyl adjacent to an activating group) is 1. The van der Waals surface area contributed by atoms with Crippen LogP contribution in [0.1, 0.15) is 17.2 Å². The molecule has 0 aliphatic rings. The predicted octanol–water partition coefficient (Wildman–Crippen LogP) is 4.74. The zero-order valence-corrected chi connectivity index (χ0v) is 12.8. The fraction of sp³-hybridized carbons (Fsp3) is 0.200. The minimum Gasteiger partial charge on any atom is -0.313 e. The lowest BCUT2D eigenvalue weighted by atomic mass is 9.99. The maximum atomic E-state index is 13.2. The summed E-state index contributed by atoms with van der Waals surface area (Å²) >= 11 is 9.56. The highest BCUT2D eigenvalue weighted by Crippen LogP contribution is 2.28. The minimum absolute atomic E-state index is 0.0786. The Morgan fingerprint density at radius 3 is 2.74 bits per heavy atom. The minimum atomic E-state index is -0.211. The molecule has 0 radical (unpaired) electrons. The van der Waals surface area contributed by atoms with Gasteiger partial charge in [0.05, 0.1) is 0 Å². The fourth-order valence-corrected chi connectivity index (χ4v) is 2.75. The zero-order chi connectivity index (χ0) is 13.8. The van der Waals surface area contributed by atoms with Gasteiger partial charge in [-0.05, 0) is 54.9 Å². The molecule has 19 heavy (non-hydrogen) atoms. The van der Waals surface area contributed by atoms with E-state index in [4.69, 9.17) is 11.6 Å². The summed E-state index contributed by atoms with van der Waals surface area (Å²) in [6.07, 6.45) is 0.702. The predicted molar refractivity (Wildman–Crippen MR) is 81.1 cm³/mol. The summed E-state index contributed by atoms with van der Waals surface area (Å²) in [7, 11) is 1.89. The Labute approximate surface area is 125 Å². The molecule has 0 bridgehead atoms. The van der Waals surface area contributed by atoms with Crippen LogP contribution in [0.25, 0.3) is 0 Å². The van der Waals surface area contributed by atoms with Gasteiger partial charge < -0.3 is 5.32 Å². The first kappa shape index (κ1) is 14.5. The number of hydrogen-bond donors (Lipinski definition) is 1. The maximum Gasteiger partial charge on any atom is 0.123 e. The van der Waals surface area contributed by atoms with E-state index in [0.717, 1.165) is 15.6 Å². The summed E-state index contributed by atoms with van der Waals surface area (Å²) in [4.78, 5) is 0. The molecule has 0 aliphatic heterocycles. The monoisotopic (exact) mass is 341 g/mol. The van der Waals surface area contributed by atoms with Gasteiger partial charge in [0.2, 0.25) is 0 Å². The molecule has 0 amide bonds.